The Balaban J connectivity index is 2.04. The molecule has 0 aliphatic carbocycles. The van der Waals surface area contributed by atoms with E-state index in [9.17, 15) is 4.39 Å². The Bertz CT molecular complexity index is 909. The standard InChI is InChI=1S/C18H15BrFN3S/c1-2-21-18-23(22-11-13-3-7-15(19)8-4-13)17(12-24-18)14-5-9-16(20)10-6-14/h3-12H,2H2,1H3. The van der Waals surface area contributed by atoms with Crippen molar-refractivity contribution in [3.05, 3.63) is 74.6 Å². The van der Waals surface area contributed by atoms with Gasteiger partial charge in [-0.1, -0.05) is 28.1 Å². The van der Waals surface area contributed by atoms with E-state index in [4.69, 9.17) is 0 Å². The van der Waals surface area contributed by atoms with Crippen LogP contribution < -0.4 is 4.80 Å². The normalized spacial score (nSPS) is 12.2. The van der Waals surface area contributed by atoms with E-state index >= 15 is 0 Å². The molecule has 2 aromatic carbocycles. The summed E-state index contributed by atoms with van der Waals surface area (Å²) in [5.41, 5.74) is 2.78. The van der Waals surface area contributed by atoms with Crippen LogP contribution in [-0.2, 0) is 0 Å². The molecule has 0 spiro atoms. The van der Waals surface area contributed by atoms with Crippen molar-refractivity contribution < 1.29 is 4.39 Å². The van der Waals surface area contributed by atoms with Gasteiger partial charge in [-0.15, -0.1) is 11.3 Å². The monoisotopic (exact) mass is 403 g/mol. The van der Waals surface area contributed by atoms with Crippen LogP contribution in [0, 0.1) is 5.82 Å². The number of hydrogen-bond donors (Lipinski definition) is 0. The number of halogens is 2. The van der Waals surface area contributed by atoms with Crippen LogP contribution in [0.1, 0.15) is 12.5 Å². The van der Waals surface area contributed by atoms with Crippen LogP contribution >= 0.6 is 27.3 Å². The Hall–Kier alpha value is -2.05. The Labute approximate surface area is 152 Å². The molecular formula is C18H15BrFN3S. The van der Waals surface area contributed by atoms with Crippen molar-refractivity contribution in [3.8, 4) is 11.3 Å². The van der Waals surface area contributed by atoms with Crippen molar-refractivity contribution in [1.82, 2.24) is 4.68 Å². The fourth-order valence-electron chi connectivity index (χ4n) is 2.15. The van der Waals surface area contributed by atoms with E-state index in [0.29, 0.717) is 6.54 Å². The minimum absolute atomic E-state index is 0.252. The van der Waals surface area contributed by atoms with E-state index in [-0.39, 0.29) is 5.82 Å². The second-order valence-corrected chi connectivity index (χ2v) is 6.74. The summed E-state index contributed by atoms with van der Waals surface area (Å²) >= 11 is 4.94. The summed E-state index contributed by atoms with van der Waals surface area (Å²) < 4.78 is 16.0. The summed E-state index contributed by atoms with van der Waals surface area (Å²) in [5, 5.41) is 6.57. The minimum Gasteiger partial charge on any atom is -0.258 e. The zero-order chi connectivity index (χ0) is 16.9. The average molecular weight is 404 g/mol. The average Bonchev–Trinajstić information content (AvgIpc) is 2.98. The van der Waals surface area contributed by atoms with Crippen molar-refractivity contribution >= 4 is 33.5 Å². The number of hydrogen-bond acceptors (Lipinski definition) is 3. The summed E-state index contributed by atoms with van der Waals surface area (Å²) in [6, 6.07) is 14.3. The summed E-state index contributed by atoms with van der Waals surface area (Å²) in [6.45, 7) is 2.66. The van der Waals surface area contributed by atoms with Gasteiger partial charge in [-0.25, -0.2) is 9.07 Å². The molecule has 0 aliphatic heterocycles. The quantitative estimate of drug-likeness (QED) is 0.553. The van der Waals surface area contributed by atoms with Crippen molar-refractivity contribution in [2.24, 2.45) is 10.1 Å². The lowest BCUT2D eigenvalue weighted by atomic mass is 10.2. The molecule has 6 heteroatoms. The molecule has 1 heterocycles. The Morgan fingerprint density at radius 1 is 1.12 bits per heavy atom. The van der Waals surface area contributed by atoms with E-state index in [2.05, 4.69) is 26.0 Å². The van der Waals surface area contributed by atoms with Crippen molar-refractivity contribution in [1.29, 1.82) is 0 Å². The molecule has 0 saturated carbocycles. The molecule has 0 saturated heterocycles. The Morgan fingerprint density at radius 2 is 1.83 bits per heavy atom. The first-order chi connectivity index (χ1) is 11.7. The highest BCUT2D eigenvalue weighted by atomic mass is 79.9. The van der Waals surface area contributed by atoms with Gasteiger partial charge in [-0.3, -0.25) is 4.99 Å². The third-order valence-corrected chi connectivity index (χ3v) is 4.69. The van der Waals surface area contributed by atoms with E-state index in [1.165, 1.54) is 23.5 Å². The van der Waals surface area contributed by atoms with Crippen LogP contribution in [0.3, 0.4) is 0 Å². The maximum Gasteiger partial charge on any atom is 0.206 e. The molecule has 0 fully saturated rings. The molecule has 0 bridgehead atoms. The van der Waals surface area contributed by atoms with E-state index in [1.807, 2.05) is 36.6 Å². The van der Waals surface area contributed by atoms with Crippen LogP contribution in [-0.4, -0.2) is 17.4 Å². The third kappa shape index (κ3) is 3.88. The fraction of sp³-hybridized carbons (Fsp3) is 0.111. The second-order valence-electron chi connectivity index (χ2n) is 4.99. The number of benzene rings is 2. The van der Waals surface area contributed by atoms with Gasteiger partial charge in [0.2, 0.25) is 4.80 Å². The summed E-state index contributed by atoms with van der Waals surface area (Å²) in [5.74, 6) is -0.252. The lowest BCUT2D eigenvalue weighted by molar-refractivity contribution is 0.628. The largest absolute Gasteiger partial charge is 0.258 e. The smallest absolute Gasteiger partial charge is 0.206 e. The van der Waals surface area contributed by atoms with Crippen LogP contribution in [0.4, 0.5) is 4.39 Å². The van der Waals surface area contributed by atoms with Gasteiger partial charge in [0.05, 0.1) is 11.9 Å². The first-order valence-electron chi connectivity index (χ1n) is 7.44. The van der Waals surface area contributed by atoms with Crippen LogP contribution in [0.15, 0.2) is 68.5 Å². The van der Waals surface area contributed by atoms with Gasteiger partial charge in [0.15, 0.2) is 0 Å². The zero-order valence-corrected chi connectivity index (χ0v) is 15.4. The Morgan fingerprint density at radius 3 is 2.50 bits per heavy atom. The highest BCUT2D eigenvalue weighted by molar-refractivity contribution is 9.10. The predicted molar refractivity (Wildman–Crippen MR) is 101 cm³/mol. The number of aromatic nitrogens is 1. The highest BCUT2D eigenvalue weighted by Gasteiger charge is 2.07. The Kier molecular flexibility index (Phi) is 5.37. The minimum atomic E-state index is -0.252. The summed E-state index contributed by atoms with van der Waals surface area (Å²) in [6.07, 6.45) is 1.79. The molecule has 1 aromatic heterocycles. The molecule has 0 amide bonds. The molecule has 24 heavy (non-hydrogen) atoms. The molecule has 0 N–H and O–H groups in total. The van der Waals surface area contributed by atoms with E-state index < -0.39 is 0 Å². The van der Waals surface area contributed by atoms with Crippen molar-refractivity contribution in [2.45, 2.75) is 6.92 Å². The van der Waals surface area contributed by atoms with E-state index in [1.54, 1.807) is 23.0 Å². The van der Waals surface area contributed by atoms with Crippen LogP contribution in [0.25, 0.3) is 11.3 Å². The molecular weight excluding hydrogens is 389 g/mol. The maximum atomic E-state index is 13.2. The molecule has 3 nitrogen and oxygen atoms in total. The lowest BCUT2D eigenvalue weighted by Crippen LogP contribution is -2.12. The van der Waals surface area contributed by atoms with E-state index in [0.717, 1.165) is 26.1 Å². The first kappa shape index (κ1) is 16.8. The second kappa shape index (κ2) is 7.68. The lowest BCUT2D eigenvalue weighted by Gasteiger charge is -2.03. The van der Waals surface area contributed by atoms with Crippen LogP contribution in [0.5, 0.6) is 0 Å². The zero-order valence-electron chi connectivity index (χ0n) is 13.0. The maximum absolute atomic E-state index is 13.2. The van der Waals surface area contributed by atoms with Gasteiger partial charge in [-0.05, 0) is 48.9 Å². The predicted octanol–water partition coefficient (Wildman–Crippen LogP) is 4.92. The van der Waals surface area contributed by atoms with Gasteiger partial charge in [0.25, 0.3) is 0 Å². The molecule has 3 rings (SSSR count). The number of thiazole rings is 1. The number of rotatable bonds is 4. The van der Waals surface area contributed by atoms with Gasteiger partial charge in [0, 0.05) is 22.0 Å². The molecule has 0 atom stereocenters. The summed E-state index contributed by atoms with van der Waals surface area (Å²) in [7, 11) is 0. The molecule has 0 aliphatic rings. The fourth-order valence-corrected chi connectivity index (χ4v) is 3.31. The van der Waals surface area contributed by atoms with Gasteiger partial charge >= 0.3 is 0 Å². The highest BCUT2D eigenvalue weighted by Crippen LogP contribution is 2.20. The van der Waals surface area contributed by atoms with Crippen LogP contribution in [0.2, 0.25) is 0 Å². The summed E-state index contributed by atoms with van der Waals surface area (Å²) in [4.78, 5) is 5.29. The molecule has 3 aromatic rings. The van der Waals surface area contributed by atoms with Crippen molar-refractivity contribution in [3.63, 3.8) is 0 Å². The topological polar surface area (TPSA) is 29.6 Å². The third-order valence-electron chi connectivity index (χ3n) is 3.31. The van der Waals surface area contributed by atoms with Gasteiger partial charge in [-0.2, -0.15) is 5.10 Å². The first-order valence-corrected chi connectivity index (χ1v) is 9.11. The number of nitrogens with zero attached hydrogens (tertiary/aromatic N) is 3. The van der Waals surface area contributed by atoms with Crippen molar-refractivity contribution in [2.75, 3.05) is 6.54 Å². The molecule has 0 radical (unpaired) electrons. The van der Waals surface area contributed by atoms with Gasteiger partial charge in [0.1, 0.15) is 5.82 Å². The SMILES string of the molecule is CCN=c1scc(-c2ccc(F)cc2)n1N=Cc1ccc(Br)cc1. The molecule has 0 unspecified atom stereocenters. The van der Waals surface area contributed by atoms with Gasteiger partial charge < -0.3 is 0 Å². The molecule has 122 valence electrons.